The van der Waals surface area contributed by atoms with Gasteiger partial charge in [0.15, 0.2) is 0 Å². The van der Waals surface area contributed by atoms with Gasteiger partial charge in [0.05, 0.1) is 30.1 Å². The first-order chi connectivity index (χ1) is 18.5. The number of carbonyl (C=O) groups is 1. The van der Waals surface area contributed by atoms with Gasteiger partial charge in [-0.3, -0.25) is 9.36 Å². The number of para-hydroxylation sites is 1. The zero-order valence-corrected chi connectivity index (χ0v) is 22.3. The molecule has 0 saturated heterocycles. The van der Waals surface area contributed by atoms with Gasteiger partial charge in [0, 0.05) is 17.5 Å². The van der Waals surface area contributed by atoms with Crippen LogP contribution in [-0.2, 0) is 30.7 Å². The van der Waals surface area contributed by atoms with Crippen molar-refractivity contribution < 1.29 is 14.3 Å². The number of methoxy groups -OCH3 is 1. The lowest BCUT2D eigenvalue weighted by molar-refractivity contribution is 0.0597. The molecule has 1 heterocycles. The van der Waals surface area contributed by atoms with Crippen molar-refractivity contribution in [2.45, 2.75) is 52.7 Å². The van der Waals surface area contributed by atoms with E-state index in [-0.39, 0.29) is 12.2 Å². The topological polar surface area (TPSA) is 70.4 Å². The smallest absolute Gasteiger partial charge is 0.338 e. The molecule has 0 atom stereocenters. The van der Waals surface area contributed by atoms with Crippen molar-refractivity contribution in [3.05, 3.63) is 117 Å². The number of hydrogen-bond acceptors (Lipinski definition) is 5. The maximum Gasteiger partial charge on any atom is 0.338 e. The van der Waals surface area contributed by atoms with Gasteiger partial charge in [0.1, 0.15) is 18.2 Å². The van der Waals surface area contributed by atoms with E-state index < -0.39 is 5.97 Å². The van der Waals surface area contributed by atoms with Gasteiger partial charge in [-0.05, 0) is 43.5 Å². The predicted molar refractivity (Wildman–Crippen MR) is 151 cm³/mol. The lowest BCUT2D eigenvalue weighted by Crippen LogP contribution is -2.26. The summed E-state index contributed by atoms with van der Waals surface area (Å²) in [6.07, 6.45) is 5.09. The van der Waals surface area contributed by atoms with E-state index in [4.69, 9.17) is 14.5 Å². The third kappa shape index (κ3) is 5.86. The van der Waals surface area contributed by atoms with E-state index >= 15 is 0 Å². The fourth-order valence-corrected chi connectivity index (χ4v) is 4.61. The van der Waals surface area contributed by atoms with Gasteiger partial charge in [0.2, 0.25) is 0 Å². The molecular formula is C32H34N2O4. The number of aromatic nitrogens is 2. The molecule has 0 aliphatic rings. The van der Waals surface area contributed by atoms with Crippen molar-refractivity contribution in [3.63, 3.8) is 0 Å². The van der Waals surface area contributed by atoms with Gasteiger partial charge in [-0.2, -0.15) is 0 Å². The molecule has 3 aromatic carbocycles. The number of esters is 1. The van der Waals surface area contributed by atoms with Crippen LogP contribution in [0.25, 0.3) is 10.9 Å². The van der Waals surface area contributed by atoms with Crippen molar-refractivity contribution >= 4 is 16.9 Å². The number of hydrogen-bond donors (Lipinski definition) is 0. The number of unbranched alkanes of at least 4 members (excludes halogenated alkanes) is 1. The second kappa shape index (κ2) is 12.4. The molecule has 0 saturated carbocycles. The normalized spacial score (nSPS) is 10.9. The van der Waals surface area contributed by atoms with E-state index in [2.05, 4.69) is 13.5 Å². The van der Waals surface area contributed by atoms with Crippen LogP contribution in [0.3, 0.4) is 0 Å². The quantitative estimate of drug-likeness (QED) is 0.178. The first-order valence-electron chi connectivity index (χ1n) is 13.0. The van der Waals surface area contributed by atoms with Crippen LogP contribution >= 0.6 is 0 Å². The first-order valence-corrected chi connectivity index (χ1v) is 13.0. The molecule has 0 bridgehead atoms. The summed E-state index contributed by atoms with van der Waals surface area (Å²) in [6, 6.07) is 19.0. The summed E-state index contributed by atoms with van der Waals surface area (Å²) in [4.78, 5) is 30.9. The summed E-state index contributed by atoms with van der Waals surface area (Å²) in [5.41, 5.74) is 4.70. The Morgan fingerprint density at radius 1 is 1.05 bits per heavy atom. The Bertz CT molecular complexity index is 1520. The molecule has 0 radical (unpaired) electrons. The zero-order chi connectivity index (χ0) is 27.1. The molecule has 4 aromatic rings. The molecule has 1 aromatic heterocycles. The Kier molecular flexibility index (Phi) is 8.74. The summed E-state index contributed by atoms with van der Waals surface area (Å²) in [6.45, 7) is 8.51. The molecule has 6 nitrogen and oxygen atoms in total. The van der Waals surface area contributed by atoms with E-state index in [1.54, 1.807) is 16.7 Å². The highest BCUT2D eigenvalue weighted by Gasteiger charge is 2.17. The monoisotopic (exact) mass is 510 g/mol. The van der Waals surface area contributed by atoms with Gasteiger partial charge < -0.3 is 9.47 Å². The van der Waals surface area contributed by atoms with Crippen molar-refractivity contribution in [1.82, 2.24) is 9.55 Å². The SMILES string of the molecule is C=CCc1cccc(Cn2c(CCCC)nc3ccc(C)cc3c2=O)c1OCc1ccccc1C(=O)OC. The minimum Gasteiger partial charge on any atom is -0.488 e. The number of benzene rings is 3. The Hall–Kier alpha value is -4.19. The van der Waals surface area contributed by atoms with Gasteiger partial charge >= 0.3 is 5.97 Å². The van der Waals surface area contributed by atoms with Crippen LogP contribution in [0, 0.1) is 6.92 Å². The molecule has 4 rings (SSSR count). The van der Waals surface area contributed by atoms with Crippen LogP contribution in [-0.4, -0.2) is 22.6 Å². The molecule has 0 aliphatic carbocycles. The molecule has 0 amide bonds. The lowest BCUT2D eigenvalue weighted by Gasteiger charge is -2.19. The summed E-state index contributed by atoms with van der Waals surface area (Å²) in [5.74, 6) is 1.04. The fraction of sp³-hybridized carbons (Fsp3) is 0.281. The molecule has 0 aliphatic heterocycles. The standard InChI is InChI=1S/C32H34N2O4/c1-5-7-16-29-33-28-18-17-22(3)19-27(28)31(35)34(29)20-24-14-10-13-23(11-6-2)30(24)38-21-25-12-8-9-15-26(25)32(36)37-4/h6,8-10,12-15,17-19H,2,5,7,11,16,20-21H2,1,3-4H3. The molecule has 38 heavy (non-hydrogen) atoms. The van der Waals surface area contributed by atoms with E-state index in [0.717, 1.165) is 46.4 Å². The third-order valence-electron chi connectivity index (χ3n) is 6.61. The van der Waals surface area contributed by atoms with E-state index in [9.17, 15) is 9.59 Å². The van der Waals surface area contributed by atoms with Crippen LogP contribution in [0.1, 0.15) is 58.2 Å². The number of aryl methyl sites for hydroxylation is 2. The summed E-state index contributed by atoms with van der Waals surface area (Å²) < 4.78 is 13.1. The highest BCUT2D eigenvalue weighted by atomic mass is 16.5. The summed E-state index contributed by atoms with van der Waals surface area (Å²) in [5, 5.41) is 0.613. The van der Waals surface area contributed by atoms with Gasteiger partial charge in [-0.1, -0.05) is 67.4 Å². The number of rotatable bonds is 11. The fourth-order valence-electron chi connectivity index (χ4n) is 4.61. The van der Waals surface area contributed by atoms with Crippen molar-refractivity contribution in [3.8, 4) is 5.75 Å². The lowest BCUT2D eigenvalue weighted by atomic mass is 10.0. The molecule has 6 heteroatoms. The van der Waals surface area contributed by atoms with Gasteiger partial charge in [0.25, 0.3) is 5.56 Å². The van der Waals surface area contributed by atoms with Gasteiger partial charge in [-0.15, -0.1) is 6.58 Å². The maximum atomic E-state index is 13.7. The van der Waals surface area contributed by atoms with Crippen LogP contribution < -0.4 is 10.3 Å². The van der Waals surface area contributed by atoms with Gasteiger partial charge in [-0.25, -0.2) is 9.78 Å². The maximum absolute atomic E-state index is 13.7. The number of carbonyl (C=O) groups excluding carboxylic acids is 1. The minimum absolute atomic E-state index is 0.0547. The second-order valence-electron chi connectivity index (χ2n) is 9.38. The van der Waals surface area contributed by atoms with Crippen molar-refractivity contribution in [2.75, 3.05) is 7.11 Å². The van der Waals surface area contributed by atoms with Crippen LogP contribution in [0.2, 0.25) is 0 Å². The number of allylic oxidation sites excluding steroid dienone is 1. The number of ether oxygens (including phenoxy) is 2. The molecular weight excluding hydrogens is 476 g/mol. The summed E-state index contributed by atoms with van der Waals surface area (Å²) in [7, 11) is 1.37. The second-order valence-corrected chi connectivity index (χ2v) is 9.38. The Balaban J connectivity index is 1.78. The molecule has 0 N–H and O–H groups in total. The van der Waals surface area contributed by atoms with Crippen molar-refractivity contribution in [1.29, 1.82) is 0 Å². The average molecular weight is 511 g/mol. The molecule has 0 fully saturated rings. The highest BCUT2D eigenvalue weighted by Crippen LogP contribution is 2.28. The Morgan fingerprint density at radius 2 is 1.82 bits per heavy atom. The largest absolute Gasteiger partial charge is 0.488 e. The number of fused-ring (bicyclic) bond motifs is 1. The van der Waals surface area contributed by atoms with Crippen LogP contribution in [0.5, 0.6) is 5.75 Å². The highest BCUT2D eigenvalue weighted by molar-refractivity contribution is 5.90. The minimum atomic E-state index is -0.409. The third-order valence-corrected chi connectivity index (χ3v) is 6.61. The molecule has 196 valence electrons. The first kappa shape index (κ1) is 26.9. The van der Waals surface area contributed by atoms with E-state index in [1.165, 1.54) is 7.11 Å². The molecule has 0 unspecified atom stereocenters. The van der Waals surface area contributed by atoms with Crippen molar-refractivity contribution in [2.24, 2.45) is 0 Å². The molecule has 0 spiro atoms. The zero-order valence-electron chi connectivity index (χ0n) is 22.3. The number of nitrogens with zero attached hydrogens (tertiary/aromatic N) is 2. The average Bonchev–Trinajstić information content (AvgIpc) is 2.93. The Labute approximate surface area is 223 Å². The van der Waals surface area contributed by atoms with Crippen LogP contribution in [0.15, 0.2) is 78.1 Å². The van der Waals surface area contributed by atoms with E-state index in [1.807, 2.05) is 61.5 Å². The van der Waals surface area contributed by atoms with E-state index in [0.29, 0.717) is 36.1 Å². The summed E-state index contributed by atoms with van der Waals surface area (Å²) >= 11 is 0. The Morgan fingerprint density at radius 3 is 2.58 bits per heavy atom. The predicted octanol–water partition coefficient (Wildman–Crippen LogP) is 6.19. The van der Waals surface area contributed by atoms with Crippen LogP contribution in [0.4, 0.5) is 0 Å².